The van der Waals surface area contributed by atoms with Crippen LogP contribution < -0.4 is 16.0 Å². The number of carbonyl (C=O) groups excluding carboxylic acids is 3. The van der Waals surface area contributed by atoms with Gasteiger partial charge < -0.3 is 53.8 Å². The van der Waals surface area contributed by atoms with Crippen LogP contribution in [0.3, 0.4) is 0 Å². The average Bonchev–Trinajstić information content (AvgIpc) is 3.27. The predicted molar refractivity (Wildman–Crippen MR) is 256 cm³/mol. The molecule has 0 aromatic rings. The van der Waals surface area contributed by atoms with Crippen LogP contribution in [0.1, 0.15) is 164 Å². The summed E-state index contributed by atoms with van der Waals surface area (Å²) >= 11 is 0. The average molecular weight is 938 g/mol. The van der Waals surface area contributed by atoms with Crippen molar-refractivity contribution in [1.29, 1.82) is 0 Å². The number of hydrogen-bond donors (Lipinski definition) is 3. The molecule has 0 bridgehead atoms. The van der Waals surface area contributed by atoms with Crippen LogP contribution in [-0.4, -0.2) is 116 Å². The van der Waals surface area contributed by atoms with Gasteiger partial charge in [-0.3, -0.25) is 14.4 Å². The number of rotatable bonds is 14. The van der Waals surface area contributed by atoms with Crippen molar-refractivity contribution in [2.75, 3.05) is 0 Å². The Morgan fingerprint density at radius 2 is 0.667 bits per heavy atom. The molecule has 5 rings (SSSR count). The molecule has 5 aliphatic heterocycles. The van der Waals surface area contributed by atoms with E-state index >= 15 is 0 Å². The van der Waals surface area contributed by atoms with Gasteiger partial charge in [0.1, 0.15) is 0 Å². The van der Waals surface area contributed by atoms with Gasteiger partial charge in [0, 0.05) is 32.6 Å². The lowest BCUT2D eigenvalue weighted by Crippen LogP contribution is -2.63. The summed E-state index contributed by atoms with van der Waals surface area (Å²) in [6, 6.07) is -0.562. The van der Waals surface area contributed by atoms with Crippen LogP contribution in [0.15, 0.2) is 0 Å². The molecule has 0 aromatic heterocycles. The van der Waals surface area contributed by atoms with E-state index in [1.54, 1.807) is 6.92 Å². The van der Waals surface area contributed by atoms with Gasteiger partial charge in [0.15, 0.2) is 18.9 Å². The van der Waals surface area contributed by atoms with Crippen molar-refractivity contribution in [3.63, 3.8) is 0 Å². The molecule has 3 N–H and O–H groups in total. The molecule has 5 fully saturated rings. The molecule has 0 saturated carbocycles. The number of nitrogens with one attached hydrogen (secondary N) is 3. The van der Waals surface area contributed by atoms with E-state index in [1.807, 2.05) is 6.92 Å². The van der Waals surface area contributed by atoms with Gasteiger partial charge in [0.25, 0.3) is 0 Å². The second-order valence-corrected chi connectivity index (χ2v) is 21.1. The fourth-order valence-electron chi connectivity index (χ4n) is 11.6. The number of amides is 3. The molecule has 0 radical (unpaired) electrons. The molecule has 5 heterocycles. The lowest BCUT2D eigenvalue weighted by molar-refractivity contribution is -0.336. The van der Waals surface area contributed by atoms with E-state index in [4.69, 9.17) is 37.9 Å². The monoisotopic (exact) mass is 938 g/mol. The Labute approximate surface area is 399 Å². The van der Waals surface area contributed by atoms with Gasteiger partial charge >= 0.3 is 0 Å². The van der Waals surface area contributed by atoms with Gasteiger partial charge in [0.2, 0.25) is 17.7 Å². The van der Waals surface area contributed by atoms with E-state index < -0.39 is 12.6 Å². The molecule has 0 spiro atoms. The third-order valence-electron chi connectivity index (χ3n) is 16.8. The highest BCUT2D eigenvalue weighted by molar-refractivity contribution is 5.74. The normalized spacial score (nSPS) is 46.3. The highest BCUT2D eigenvalue weighted by Crippen LogP contribution is 2.42. The number of hydrogen-bond acceptors (Lipinski definition) is 11. The zero-order valence-electron chi connectivity index (χ0n) is 44.5. The standard InChI is InChI=1S/C30H55NO6.C22H40N2O5/c1-12-23-16(5)17(6)26(31-22(11)32)30(34-23)37-28-19(8)20(9)29(35-25(28)14-3)36-27-18(7)15(4)21(10)33-24(27)13-2;1-9-17-11(3)12(4)20(24-16(8)26)22(28-17)29-21-13(5)19(23-15(7)25)14(6)27-18(21)10-2/h15-21,23-30H,12-14H2,1-11H3,(H,31,32);11-14,17-22H,9-10H2,1-8H3,(H,23,25)(H,24,26)/t15?,16-,17+,18-,19-,20?,21+,23?,24?,25?,26?,27+,28-,29+,30-;11-,12+,13-,14+,17?,18?,19?,20?,21-,22+/m11/s1. The quantitative estimate of drug-likeness (QED) is 0.154. The second kappa shape index (κ2) is 25.3. The summed E-state index contributed by atoms with van der Waals surface area (Å²) in [5.74, 6) is 2.05. The predicted octanol–water partition coefficient (Wildman–Crippen LogP) is 8.17. The SMILES string of the molecule is CCC1O[C@@H](C)C(C)[C@@H](C)[C@@H]1O[C@@H]1OC(CC)[C@H](O[C@H]2OC(CC)[C@H](C)[C@H](C)C2NC(C)=O)[C@H](C)C1C.CCC1O[C@@H](O[C@H]2C(CC)O[C@@H](C)C(NC(C)=O)[C@H]2C)C(NC(C)=O)[C@@H](C)[C@H]1C. The third-order valence-corrected chi connectivity index (χ3v) is 16.8. The summed E-state index contributed by atoms with van der Waals surface area (Å²) < 4.78 is 52.1. The van der Waals surface area contributed by atoms with Crippen molar-refractivity contribution in [3.05, 3.63) is 0 Å². The van der Waals surface area contributed by atoms with Crippen LogP contribution in [0.5, 0.6) is 0 Å². The molecule has 25 atom stereocenters. The van der Waals surface area contributed by atoms with Crippen molar-refractivity contribution in [2.24, 2.45) is 53.3 Å². The highest BCUT2D eigenvalue weighted by atomic mass is 16.7. The van der Waals surface area contributed by atoms with E-state index in [0.717, 1.165) is 32.1 Å². The molecular formula is C52H95N3O11. The Hall–Kier alpha value is -1.91. The third kappa shape index (κ3) is 13.3. The van der Waals surface area contributed by atoms with Crippen LogP contribution in [0, 0.1) is 53.3 Å². The van der Waals surface area contributed by atoms with Crippen molar-refractivity contribution in [1.82, 2.24) is 16.0 Å². The molecular weight excluding hydrogens is 843 g/mol. The van der Waals surface area contributed by atoms with Gasteiger partial charge in [-0.1, -0.05) is 96.9 Å². The minimum absolute atomic E-state index is 0.00398. The summed E-state index contributed by atoms with van der Waals surface area (Å²) in [5.41, 5.74) is 0. The highest BCUT2D eigenvalue weighted by Gasteiger charge is 2.51. The Morgan fingerprint density at radius 3 is 1.06 bits per heavy atom. The topological polar surface area (TPSA) is 161 Å². The summed E-state index contributed by atoms with van der Waals surface area (Å²) in [5, 5.41) is 9.19. The summed E-state index contributed by atoms with van der Waals surface area (Å²) in [7, 11) is 0. The molecule has 0 aliphatic carbocycles. The van der Waals surface area contributed by atoms with E-state index in [-0.39, 0.29) is 133 Å². The number of carbonyl (C=O) groups is 3. The van der Waals surface area contributed by atoms with Gasteiger partial charge in [-0.2, -0.15) is 0 Å². The summed E-state index contributed by atoms with van der Waals surface area (Å²) in [6.07, 6.45) is 2.73. The Balaban J connectivity index is 0.000000297. The van der Waals surface area contributed by atoms with Gasteiger partial charge in [-0.25, -0.2) is 0 Å². The molecule has 66 heavy (non-hydrogen) atoms. The molecule has 5 saturated heterocycles. The van der Waals surface area contributed by atoms with E-state index in [9.17, 15) is 14.4 Å². The first-order valence-electron chi connectivity index (χ1n) is 26.1. The van der Waals surface area contributed by atoms with Crippen LogP contribution in [0.4, 0.5) is 0 Å². The molecule has 5 aliphatic rings. The Kier molecular flexibility index (Phi) is 21.7. The van der Waals surface area contributed by atoms with E-state index in [1.165, 1.54) is 13.8 Å². The first kappa shape index (κ1) is 56.7. The summed E-state index contributed by atoms with van der Waals surface area (Å²) in [4.78, 5) is 35.6. The lowest BCUT2D eigenvalue weighted by atomic mass is 9.80. The first-order valence-corrected chi connectivity index (χ1v) is 26.1. The largest absolute Gasteiger partial charge is 0.372 e. The van der Waals surface area contributed by atoms with Crippen molar-refractivity contribution in [3.8, 4) is 0 Å². The molecule has 3 amide bonds. The maximum absolute atomic E-state index is 12.1. The van der Waals surface area contributed by atoms with Crippen molar-refractivity contribution in [2.45, 2.75) is 262 Å². The lowest BCUT2D eigenvalue weighted by Gasteiger charge is -2.51. The maximum atomic E-state index is 12.1. The van der Waals surface area contributed by atoms with Gasteiger partial charge in [0.05, 0.1) is 79.2 Å². The summed E-state index contributed by atoms with van der Waals surface area (Å²) in [6.45, 7) is 39.2. The Bertz CT molecular complexity index is 1520. The van der Waals surface area contributed by atoms with Crippen LogP contribution >= 0.6 is 0 Å². The molecule has 10 unspecified atom stereocenters. The molecule has 14 heteroatoms. The smallest absolute Gasteiger partial charge is 0.217 e. The fraction of sp³-hybridized carbons (Fsp3) is 0.942. The fourth-order valence-corrected chi connectivity index (χ4v) is 11.6. The Morgan fingerprint density at radius 1 is 0.348 bits per heavy atom. The van der Waals surface area contributed by atoms with E-state index in [2.05, 4.69) is 120 Å². The van der Waals surface area contributed by atoms with Gasteiger partial charge in [-0.05, 0) is 87.4 Å². The van der Waals surface area contributed by atoms with Crippen molar-refractivity contribution >= 4 is 17.7 Å². The molecule has 14 nitrogen and oxygen atoms in total. The maximum Gasteiger partial charge on any atom is 0.217 e. The second-order valence-electron chi connectivity index (χ2n) is 21.1. The number of ether oxygens (including phenoxy) is 8. The first-order chi connectivity index (χ1) is 31.0. The molecule has 384 valence electrons. The zero-order chi connectivity index (χ0) is 49.5. The van der Waals surface area contributed by atoms with Crippen LogP contribution in [0.25, 0.3) is 0 Å². The minimum Gasteiger partial charge on any atom is -0.372 e. The van der Waals surface area contributed by atoms with Crippen LogP contribution in [-0.2, 0) is 52.3 Å². The van der Waals surface area contributed by atoms with Gasteiger partial charge in [-0.15, -0.1) is 0 Å². The van der Waals surface area contributed by atoms with E-state index in [0.29, 0.717) is 23.7 Å². The molecule has 0 aromatic carbocycles. The minimum atomic E-state index is -0.550. The van der Waals surface area contributed by atoms with Crippen LogP contribution in [0.2, 0.25) is 0 Å². The zero-order valence-corrected chi connectivity index (χ0v) is 44.5. The van der Waals surface area contributed by atoms with Crippen molar-refractivity contribution < 1.29 is 52.3 Å².